The number of hydrogen-bond acceptors (Lipinski definition) is 6. The zero-order chi connectivity index (χ0) is 15.5. The molecular formula is C13H24N4O2S. The van der Waals surface area contributed by atoms with E-state index in [4.69, 9.17) is 10.5 Å². The molecule has 1 amide bonds. The van der Waals surface area contributed by atoms with Gasteiger partial charge in [-0.05, 0) is 27.9 Å². The molecule has 1 aromatic rings. The molecule has 0 atom stereocenters. The van der Waals surface area contributed by atoms with Gasteiger partial charge in [-0.25, -0.2) is 0 Å². The number of nitrogen functional groups attached to an aromatic ring is 1. The number of ether oxygens (including phenoxy) is 1. The van der Waals surface area contributed by atoms with Gasteiger partial charge in [0.2, 0.25) is 0 Å². The zero-order valence-electron chi connectivity index (χ0n) is 13.0. The van der Waals surface area contributed by atoms with Gasteiger partial charge in [0.15, 0.2) is 5.75 Å². The first kappa shape index (κ1) is 16.6. The number of carbonyl (C=O) groups excluding carboxylic acids is 1. The lowest BCUT2D eigenvalue weighted by Crippen LogP contribution is -2.44. The minimum atomic E-state index is -0.203. The number of amides is 1. The molecule has 0 radical (unpaired) electrons. The molecule has 1 heterocycles. The highest BCUT2D eigenvalue weighted by molar-refractivity contribution is 7.19. The Morgan fingerprint density at radius 3 is 2.50 bits per heavy atom. The molecule has 0 fully saturated rings. The van der Waals surface area contributed by atoms with Crippen LogP contribution in [0.5, 0.6) is 5.75 Å². The Hall–Kier alpha value is -1.47. The number of rotatable bonds is 6. The van der Waals surface area contributed by atoms with Crippen molar-refractivity contribution in [3.63, 3.8) is 0 Å². The lowest BCUT2D eigenvalue weighted by atomic mass is 10.0. The quantitative estimate of drug-likeness (QED) is 0.741. The van der Waals surface area contributed by atoms with Crippen molar-refractivity contribution < 1.29 is 9.53 Å². The molecule has 0 aliphatic rings. The highest BCUT2D eigenvalue weighted by Crippen LogP contribution is 2.42. The largest absolute Gasteiger partial charge is 0.492 e. The zero-order valence-corrected chi connectivity index (χ0v) is 13.8. The van der Waals surface area contributed by atoms with Crippen LogP contribution in [0, 0.1) is 0 Å². The standard InChI is InChI=1S/C13H24N4O2S/c1-13(2,17(4)5)7-16-12-9(19-6)8(14)10(20-12)11(18)15-3/h16H,7,14H2,1-6H3,(H,15,18). The predicted octanol–water partition coefficient (Wildman–Crippen LogP) is 1.45. The van der Waals surface area contributed by atoms with Crippen LogP contribution in [0.1, 0.15) is 23.5 Å². The Bertz CT molecular complexity index is 483. The van der Waals surface area contributed by atoms with E-state index in [1.807, 2.05) is 14.1 Å². The van der Waals surface area contributed by atoms with E-state index in [2.05, 4.69) is 29.4 Å². The van der Waals surface area contributed by atoms with Gasteiger partial charge in [-0.3, -0.25) is 4.79 Å². The summed E-state index contributed by atoms with van der Waals surface area (Å²) in [5, 5.41) is 6.67. The van der Waals surface area contributed by atoms with Crippen molar-refractivity contribution in [2.24, 2.45) is 0 Å². The van der Waals surface area contributed by atoms with Gasteiger partial charge in [-0.1, -0.05) is 0 Å². The summed E-state index contributed by atoms with van der Waals surface area (Å²) >= 11 is 1.30. The van der Waals surface area contributed by atoms with E-state index < -0.39 is 0 Å². The molecular weight excluding hydrogens is 276 g/mol. The first-order chi connectivity index (χ1) is 9.24. The molecule has 20 heavy (non-hydrogen) atoms. The fourth-order valence-electron chi connectivity index (χ4n) is 1.48. The van der Waals surface area contributed by atoms with E-state index in [-0.39, 0.29) is 11.4 Å². The van der Waals surface area contributed by atoms with Gasteiger partial charge in [-0.2, -0.15) is 0 Å². The molecule has 0 aromatic carbocycles. The lowest BCUT2D eigenvalue weighted by Gasteiger charge is -2.32. The van der Waals surface area contributed by atoms with E-state index in [1.54, 1.807) is 14.2 Å². The Kier molecular flexibility index (Phi) is 5.24. The van der Waals surface area contributed by atoms with Crippen LogP contribution in [0.2, 0.25) is 0 Å². The fraction of sp³-hybridized carbons (Fsp3) is 0.615. The Labute approximate surface area is 124 Å². The highest BCUT2D eigenvalue weighted by atomic mass is 32.1. The number of nitrogens with one attached hydrogen (secondary N) is 2. The molecule has 4 N–H and O–H groups in total. The monoisotopic (exact) mass is 300 g/mol. The molecule has 0 saturated heterocycles. The molecule has 0 bridgehead atoms. The molecule has 7 heteroatoms. The van der Waals surface area contributed by atoms with E-state index >= 15 is 0 Å². The first-order valence-electron chi connectivity index (χ1n) is 6.34. The van der Waals surface area contributed by atoms with Gasteiger partial charge in [0.1, 0.15) is 15.6 Å². The molecule has 0 aliphatic carbocycles. The Morgan fingerprint density at radius 2 is 2.05 bits per heavy atom. The minimum absolute atomic E-state index is 0.0308. The van der Waals surface area contributed by atoms with Crippen molar-refractivity contribution in [2.75, 3.05) is 45.8 Å². The summed E-state index contributed by atoms with van der Waals surface area (Å²) in [7, 11) is 7.18. The van der Waals surface area contributed by atoms with Crippen molar-refractivity contribution >= 4 is 27.9 Å². The second-order valence-electron chi connectivity index (χ2n) is 5.35. The third-order valence-electron chi connectivity index (χ3n) is 3.43. The third kappa shape index (κ3) is 3.34. The van der Waals surface area contributed by atoms with Crippen molar-refractivity contribution in [2.45, 2.75) is 19.4 Å². The van der Waals surface area contributed by atoms with Crippen LogP contribution in [0.3, 0.4) is 0 Å². The number of anilines is 2. The number of carbonyl (C=O) groups is 1. The Balaban J connectivity index is 2.98. The maximum Gasteiger partial charge on any atom is 0.263 e. The van der Waals surface area contributed by atoms with Crippen molar-refractivity contribution in [3.05, 3.63) is 4.88 Å². The summed E-state index contributed by atoms with van der Waals surface area (Å²) in [5.41, 5.74) is 6.31. The summed E-state index contributed by atoms with van der Waals surface area (Å²) < 4.78 is 5.31. The lowest BCUT2D eigenvalue weighted by molar-refractivity contribution is 0.0967. The minimum Gasteiger partial charge on any atom is -0.492 e. The number of thiophene rings is 1. The van der Waals surface area contributed by atoms with Crippen LogP contribution in [-0.4, -0.2) is 51.1 Å². The van der Waals surface area contributed by atoms with Gasteiger partial charge in [0.05, 0.1) is 7.11 Å². The van der Waals surface area contributed by atoms with E-state index in [1.165, 1.54) is 11.3 Å². The third-order valence-corrected chi connectivity index (χ3v) is 4.57. The van der Waals surface area contributed by atoms with Gasteiger partial charge in [0, 0.05) is 19.1 Å². The van der Waals surface area contributed by atoms with Crippen LogP contribution in [-0.2, 0) is 0 Å². The van der Waals surface area contributed by atoms with Crippen LogP contribution < -0.4 is 21.1 Å². The first-order valence-corrected chi connectivity index (χ1v) is 7.16. The van der Waals surface area contributed by atoms with Gasteiger partial charge < -0.3 is 26.0 Å². The average molecular weight is 300 g/mol. The van der Waals surface area contributed by atoms with E-state index in [0.29, 0.717) is 22.9 Å². The summed E-state index contributed by atoms with van der Waals surface area (Å²) in [4.78, 5) is 14.3. The molecule has 0 unspecified atom stereocenters. The maximum absolute atomic E-state index is 11.8. The Morgan fingerprint density at radius 1 is 1.45 bits per heavy atom. The van der Waals surface area contributed by atoms with Crippen molar-refractivity contribution in [1.29, 1.82) is 0 Å². The number of likely N-dealkylation sites (N-methyl/N-ethyl adjacent to an activating group) is 1. The molecule has 0 spiro atoms. The van der Waals surface area contributed by atoms with Crippen LogP contribution in [0.15, 0.2) is 0 Å². The summed E-state index contributed by atoms with van der Waals surface area (Å²) in [6, 6.07) is 0. The van der Waals surface area contributed by atoms with Gasteiger partial charge in [-0.15, -0.1) is 11.3 Å². The van der Waals surface area contributed by atoms with Gasteiger partial charge >= 0.3 is 0 Å². The van der Waals surface area contributed by atoms with Gasteiger partial charge in [0.25, 0.3) is 5.91 Å². The maximum atomic E-state index is 11.8. The number of hydrogen-bond donors (Lipinski definition) is 3. The van der Waals surface area contributed by atoms with E-state index in [0.717, 1.165) is 5.00 Å². The smallest absolute Gasteiger partial charge is 0.263 e. The molecule has 0 saturated carbocycles. The number of nitrogens with two attached hydrogens (primary N) is 1. The fourth-order valence-corrected chi connectivity index (χ4v) is 2.52. The molecule has 6 nitrogen and oxygen atoms in total. The van der Waals surface area contributed by atoms with Crippen LogP contribution in [0.25, 0.3) is 0 Å². The topological polar surface area (TPSA) is 79.6 Å². The molecule has 1 rings (SSSR count). The second kappa shape index (κ2) is 6.32. The molecule has 114 valence electrons. The SMILES string of the molecule is CNC(=O)c1sc(NCC(C)(C)N(C)C)c(OC)c1N. The number of nitrogens with zero attached hydrogens (tertiary/aromatic N) is 1. The predicted molar refractivity (Wildman–Crippen MR) is 84.9 cm³/mol. The van der Waals surface area contributed by atoms with Crippen molar-refractivity contribution in [1.82, 2.24) is 10.2 Å². The second-order valence-corrected chi connectivity index (χ2v) is 6.37. The molecule has 1 aromatic heterocycles. The summed E-state index contributed by atoms with van der Waals surface area (Å²) in [6.45, 7) is 4.97. The highest BCUT2D eigenvalue weighted by Gasteiger charge is 2.24. The normalized spacial score (nSPS) is 11.6. The van der Waals surface area contributed by atoms with Crippen LogP contribution in [0.4, 0.5) is 10.7 Å². The van der Waals surface area contributed by atoms with E-state index in [9.17, 15) is 4.79 Å². The summed E-state index contributed by atoms with van der Waals surface area (Å²) in [5.74, 6) is 0.328. The number of methoxy groups -OCH3 is 1. The molecule has 0 aliphatic heterocycles. The van der Waals surface area contributed by atoms with Crippen LogP contribution >= 0.6 is 11.3 Å². The summed E-state index contributed by atoms with van der Waals surface area (Å²) in [6.07, 6.45) is 0. The average Bonchev–Trinajstić information content (AvgIpc) is 2.71. The van der Waals surface area contributed by atoms with Crippen molar-refractivity contribution in [3.8, 4) is 5.75 Å².